The van der Waals surface area contributed by atoms with E-state index in [1.165, 1.54) is 0 Å². The second-order valence-corrected chi connectivity index (χ2v) is 16.7. The van der Waals surface area contributed by atoms with Crippen molar-refractivity contribution in [3.05, 3.63) is 109 Å². The Labute approximate surface area is 358 Å². The lowest BCUT2D eigenvalue weighted by Gasteiger charge is -2.24. The summed E-state index contributed by atoms with van der Waals surface area (Å²) in [5.74, 6) is -0.963. The third kappa shape index (κ3) is 44.0. The quantitative estimate of drug-likeness (QED) is 0.0206. The molecule has 0 spiro atoms. The van der Waals surface area contributed by atoms with E-state index in [9.17, 15) is 24.2 Å². The minimum Gasteiger partial charge on any atom is -0.462 e. The molecule has 0 aliphatic rings. The summed E-state index contributed by atoms with van der Waals surface area (Å²) in [6.07, 6.45) is 50.0. The molecular weight excluding hydrogens is 765 g/mol. The van der Waals surface area contributed by atoms with Crippen molar-refractivity contribution in [2.75, 3.05) is 47.5 Å². The van der Waals surface area contributed by atoms with Crippen LogP contribution in [0.3, 0.4) is 0 Å². The average Bonchev–Trinajstić information content (AvgIpc) is 3.17. The molecule has 0 rings (SSSR count). The van der Waals surface area contributed by atoms with Gasteiger partial charge in [-0.25, -0.2) is 4.57 Å². The number of hydrogen-bond donors (Lipinski definition) is 2. The van der Waals surface area contributed by atoms with Crippen molar-refractivity contribution in [2.45, 2.75) is 135 Å². The van der Waals surface area contributed by atoms with E-state index in [1.54, 1.807) is 0 Å². The first-order chi connectivity index (χ1) is 28.3. The maximum absolute atomic E-state index is 12.7. The first-order valence-electron chi connectivity index (χ1n) is 21.6. The van der Waals surface area contributed by atoms with Crippen LogP contribution in [-0.4, -0.2) is 86.1 Å². The van der Waals surface area contributed by atoms with E-state index in [4.69, 9.17) is 18.5 Å². The molecule has 0 aliphatic carbocycles. The molecule has 1 unspecified atom stereocenters. The van der Waals surface area contributed by atoms with Crippen LogP contribution in [0.15, 0.2) is 109 Å². The number of likely N-dealkylation sites (N-methyl/N-ethyl adjacent to an activating group) is 1. The number of allylic oxidation sites excluding steroid dienone is 18. The van der Waals surface area contributed by atoms with Crippen molar-refractivity contribution in [3.63, 3.8) is 0 Å². The fraction of sp³-hybridized carbons (Fsp3) is 0.583. The summed E-state index contributed by atoms with van der Waals surface area (Å²) in [5, 5.41) is 9.28. The number of unbranched alkanes of at least 4 members (excludes halogenated alkanes) is 3. The molecule has 0 saturated heterocycles. The maximum atomic E-state index is 12.7. The molecule has 0 radical (unpaired) electrons. The van der Waals surface area contributed by atoms with Crippen LogP contribution in [0.1, 0.15) is 123 Å². The van der Waals surface area contributed by atoms with E-state index < -0.39 is 32.5 Å². The summed E-state index contributed by atoms with van der Waals surface area (Å²) in [6.45, 7) is 3.68. The molecule has 0 fully saturated rings. The number of phosphoric acid groups is 1. The van der Waals surface area contributed by atoms with Crippen LogP contribution < -0.4 is 0 Å². The van der Waals surface area contributed by atoms with Crippen LogP contribution in [0.2, 0.25) is 0 Å². The Morgan fingerprint density at radius 2 is 1.00 bits per heavy atom. The summed E-state index contributed by atoms with van der Waals surface area (Å²) in [7, 11) is 1.37. The predicted molar refractivity (Wildman–Crippen MR) is 244 cm³/mol. The molecular formula is C48H79NO9P+. The van der Waals surface area contributed by atoms with Crippen molar-refractivity contribution < 1.29 is 47.2 Å². The fourth-order valence-electron chi connectivity index (χ4n) is 4.94. The highest BCUT2D eigenvalue weighted by molar-refractivity contribution is 7.47. The summed E-state index contributed by atoms with van der Waals surface area (Å²) in [6, 6.07) is 0. The first kappa shape index (κ1) is 55.6. The topological polar surface area (TPSA) is 129 Å². The van der Waals surface area contributed by atoms with E-state index in [-0.39, 0.29) is 32.2 Å². The van der Waals surface area contributed by atoms with Crippen molar-refractivity contribution in [2.24, 2.45) is 0 Å². The molecule has 0 bridgehead atoms. The third-order valence-corrected chi connectivity index (χ3v) is 9.29. The lowest BCUT2D eigenvalue weighted by atomic mass is 10.1. The molecule has 0 aromatic rings. The Kier molecular flexibility index (Phi) is 36.6. The van der Waals surface area contributed by atoms with Crippen molar-refractivity contribution in [1.82, 2.24) is 0 Å². The van der Waals surface area contributed by atoms with Gasteiger partial charge in [-0.3, -0.25) is 18.6 Å². The van der Waals surface area contributed by atoms with Crippen molar-refractivity contribution in [1.29, 1.82) is 0 Å². The highest BCUT2D eigenvalue weighted by atomic mass is 31.2. The molecule has 0 saturated carbocycles. The standard InChI is InChI=1S/C48H78NO9P/c1-6-7-8-9-10-11-12-13-14-15-18-21-24-27-30-33-36-39-47(51)55-43-46(44-57-59(53,54)56-42-41-49(3,4)5)58-48(52)40-37-34-31-28-25-22-19-16-17-20-23-26-29-32-35-38-45(2)50/h7-8,10-11,13-14,17-22,26-31,45-46,50H,6,9,12,15-16,23-25,32-44H2,1-5H3/p+1/b8-7-,11-10-,14-13-,20-17-,21-18-,22-19-,29-26-,30-27-,31-28-/t45-,46+/m0/s1. The van der Waals surface area contributed by atoms with Gasteiger partial charge in [0, 0.05) is 12.8 Å². The minimum absolute atomic E-state index is 0.000114. The second-order valence-electron chi connectivity index (χ2n) is 15.3. The summed E-state index contributed by atoms with van der Waals surface area (Å²) in [5.41, 5.74) is 0. The van der Waals surface area contributed by atoms with Gasteiger partial charge in [0.25, 0.3) is 0 Å². The van der Waals surface area contributed by atoms with Gasteiger partial charge in [-0.05, 0) is 103 Å². The largest absolute Gasteiger partial charge is 0.472 e. The van der Waals surface area contributed by atoms with Gasteiger partial charge in [0.1, 0.15) is 19.8 Å². The second kappa shape index (κ2) is 38.8. The van der Waals surface area contributed by atoms with Gasteiger partial charge in [0.15, 0.2) is 6.10 Å². The Bertz CT molecular complexity index is 1380. The van der Waals surface area contributed by atoms with E-state index in [2.05, 4.69) is 104 Å². The number of hydrogen-bond acceptors (Lipinski definition) is 8. The third-order valence-electron chi connectivity index (χ3n) is 8.31. The van der Waals surface area contributed by atoms with E-state index >= 15 is 0 Å². The van der Waals surface area contributed by atoms with Crippen molar-refractivity contribution >= 4 is 19.8 Å². The lowest BCUT2D eigenvalue weighted by molar-refractivity contribution is -0.870. The molecule has 59 heavy (non-hydrogen) atoms. The molecule has 0 aromatic heterocycles. The molecule has 3 atom stereocenters. The van der Waals surface area contributed by atoms with E-state index in [1.807, 2.05) is 40.2 Å². The number of ether oxygens (including phenoxy) is 2. The van der Waals surface area contributed by atoms with Crippen molar-refractivity contribution in [3.8, 4) is 0 Å². The van der Waals surface area contributed by atoms with Gasteiger partial charge in [-0.2, -0.15) is 0 Å². The van der Waals surface area contributed by atoms with Crippen LogP contribution in [0, 0.1) is 0 Å². The van der Waals surface area contributed by atoms with Crippen LogP contribution in [0.25, 0.3) is 0 Å². The molecule has 11 heteroatoms. The number of carbonyl (C=O) groups is 2. The number of carbonyl (C=O) groups excluding carboxylic acids is 2. The predicted octanol–water partition coefficient (Wildman–Crippen LogP) is 11.3. The Morgan fingerprint density at radius 3 is 1.42 bits per heavy atom. The normalized spacial score (nSPS) is 15.2. The number of aliphatic hydroxyl groups excluding tert-OH is 1. The number of quaternary nitrogens is 1. The molecule has 0 aliphatic heterocycles. The Hall–Kier alpha value is -3.37. The lowest BCUT2D eigenvalue weighted by Crippen LogP contribution is -2.37. The molecule has 0 aromatic carbocycles. The molecule has 0 heterocycles. The monoisotopic (exact) mass is 845 g/mol. The summed E-state index contributed by atoms with van der Waals surface area (Å²) >= 11 is 0. The Balaban J connectivity index is 4.59. The van der Waals surface area contributed by atoms with Gasteiger partial charge in [-0.15, -0.1) is 0 Å². The van der Waals surface area contributed by atoms with Crippen LogP contribution >= 0.6 is 7.82 Å². The number of nitrogens with zero attached hydrogens (tertiary/aromatic N) is 1. The van der Waals surface area contributed by atoms with Gasteiger partial charge in [-0.1, -0.05) is 116 Å². The van der Waals surface area contributed by atoms with Crippen LogP contribution in [0.4, 0.5) is 0 Å². The van der Waals surface area contributed by atoms with Gasteiger partial charge in [0.05, 0.1) is 33.9 Å². The molecule has 2 N–H and O–H groups in total. The van der Waals surface area contributed by atoms with E-state index in [0.29, 0.717) is 30.3 Å². The SMILES string of the molecule is CC/C=C\C/C=C\C/C=C\C/C=C\C/C=C\CCCC(=O)OC[C@H](COP(=O)(O)OCC[N+](C)(C)C)OC(=O)CCC/C=C\C/C=C\C/C=C\C/C=C\CCC[C@H](C)O. The van der Waals surface area contributed by atoms with Gasteiger partial charge >= 0.3 is 19.8 Å². The highest BCUT2D eigenvalue weighted by Crippen LogP contribution is 2.43. The van der Waals surface area contributed by atoms with Crippen LogP contribution in [-0.2, 0) is 32.7 Å². The minimum atomic E-state index is -4.42. The number of esters is 2. The van der Waals surface area contributed by atoms with E-state index in [0.717, 1.165) is 77.0 Å². The summed E-state index contributed by atoms with van der Waals surface area (Å²) < 4.78 is 34.1. The zero-order valence-corrected chi connectivity index (χ0v) is 37.9. The zero-order chi connectivity index (χ0) is 43.7. The van der Waals surface area contributed by atoms with Gasteiger partial charge in [0.2, 0.25) is 0 Å². The first-order valence-corrected chi connectivity index (χ1v) is 23.1. The average molecular weight is 845 g/mol. The number of aliphatic hydroxyl groups is 1. The molecule has 334 valence electrons. The maximum Gasteiger partial charge on any atom is 0.472 e. The molecule has 10 nitrogen and oxygen atoms in total. The Morgan fingerprint density at radius 1 is 0.593 bits per heavy atom. The summed E-state index contributed by atoms with van der Waals surface area (Å²) in [4.78, 5) is 35.3. The number of phosphoric ester groups is 1. The smallest absolute Gasteiger partial charge is 0.462 e. The zero-order valence-electron chi connectivity index (χ0n) is 37.0. The molecule has 0 amide bonds. The van der Waals surface area contributed by atoms with Crippen LogP contribution in [0.5, 0.6) is 0 Å². The fourth-order valence-corrected chi connectivity index (χ4v) is 5.68. The van der Waals surface area contributed by atoms with Gasteiger partial charge < -0.3 is 24.0 Å². The number of rotatable bonds is 37. The highest BCUT2D eigenvalue weighted by Gasteiger charge is 2.27.